The van der Waals surface area contributed by atoms with Crippen LogP contribution in [0.3, 0.4) is 0 Å². The Bertz CT molecular complexity index is 403. The van der Waals surface area contributed by atoms with E-state index in [9.17, 15) is 4.39 Å². The molecule has 1 aliphatic rings. The van der Waals surface area contributed by atoms with Crippen LogP contribution in [0.15, 0.2) is 29.3 Å². The molecule has 0 spiro atoms. The molecule has 0 N–H and O–H groups in total. The SMILES string of the molecule is CC(C)(C)C1=N[C@@H](c2ccc(F)cc2)CO1. The monoisotopic (exact) mass is 221 g/mol. The predicted molar refractivity (Wildman–Crippen MR) is 62.0 cm³/mol. The molecule has 16 heavy (non-hydrogen) atoms. The second-order valence-corrected chi connectivity index (χ2v) is 5.06. The van der Waals surface area contributed by atoms with Crippen LogP contribution in [0.1, 0.15) is 32.4 Å². The summed E-state index contributed by atoms with van der Waals surface area (Å²) in [4.78, 5) is 4.53. The zero-order valence-corrected chi connectivity index (χ0v) is 9.83. The summed E-state index contributed by atoms with van der Waals surface area (Å²) in [5, 5.41) is 0. The number of ether oxygens (including phenoxy) is 1. The summed E-state index contributed by atoms with van der Waals surface area (Å²) in [7, 11) is 0. The maximum Gasteiger partial charge on any atom is 0.189 e. The van der Waals surface area contributed by atoms with Gasteiger partial charge in [0.1, 0.15) is 18.5 Å². The zero-order valence-electron chi connectivity index (χ0n) is 9.83. The van der Waals surface area contributed by atoms with Crippen LogP contribution in [0.25, 0.3) is 0 Å². The second-order valence-electron chi connectivity index (χ2n) is 5.06. The first kappa shape index (κ1) is 11.1. The van der Waals surface area contributed by atoms with Crippen LogP contribution in [0, 0.1) is 11.2 Å². The molecular weight excluding hydrogens is 205 g/mol. The van der Waals surface area contributed by atoms with Crippen molar-refractivity contribution in [2.75, 3.05) is 6.61 Å². The molecule has 0 fully saturated rings. The van der Waals surface area contributed by atoms with Crippen LogP contribution in [-0.2, 0) is 4.74 Å². The Morgan fingerprint density at radius 1 is 1.25 bits per heavy atom. The lowest BCUT2D eigenvalue weighted by molar-refractivity contribution is 0.283. The smallest absolute Gasteiger partial charge is 0.189 e. The van der Waals surface area contributed by atoms with E-state index < -0.39 is 0 Å². The van der Waals surface area contributed by atoms with Crippen molar-refractivity contribution >= 4 is 5.90 Å². The van der Waals surface area contributed by atoms with Crippen molar-refractivity contribution in [1.29, 1.82) is 0 Å². The maximum atomic E-state index is 12.8. The summed E-state index contributed by atoms with van der Waals surface area (Å²) in [6.07, 6.45) is 0. The Balaban J connectivity index is 2.20. The lowest BCUT2D eigenvalue weighted by Gasteiger charge is -2.16. The average Bonchev–Trinajstić information content (AvgIpc) is 2.67. The highest BCUT2D eigenvalue weighted by Gasteiger charge is 2.28. The minimum Gasteiger partial charge on any atom is -0.478 e. The molecule has 0 amide bonds. The average molecular weight is 221 g/mol. The van der Waals surface area contributed by atoms with Gasteiger partial charge in [0.05, 0.1) is 0 Å². The Morgan fingerprint density at radius 2 is 1.88 bits per heavy atom. The molecule has 2 rings (SSSR count). The van der Waals surface area contributed by atoms with E-state index >= 15 is 0 Å². The molecule has 0 saturated carbocycles. The van der Waals surface area contributed by atoms with Gasteiger partial charge in [0.15, 0.2) is 5.90 Å². The third-order valence-corrected chi connectivity index (χ3v) is 2.55. The summed E-state index contributed by atoms with van der Waals surface area (Å²) in [6.45, 7) is 6.76. The fourth-order valence-electron chi connectivity index (χ4n) is 1.64. The molecule has 1 aromatic rings. The highest BCUT2D eigenvalue weighted by atomic mass is 19.1. The van der Waals surface area contributed by atoms with Crippen molar-refractivity contribution in [2.24, 2.45) is 10.4 Å². The number of hydrogen-bond acceptors (Lipinski definition) is 2. The van der Waals surface area contributed by atoms with Gasteiger partial charge in [0.2, 0.25) is 0 Å². The molecule has 0 unspecified atom stereocenters. The molecule has 2 nitrogen and oxygen atoms in total. The van der Waals surface area contributed by atoms with Gasteiger partial charge >= 0.3 is 0 Å². The van der Waals surface area contributed by atoms with Gasteiger partial charge in [-0.05, 0) is 17.7 Å². The molecule has 1 aliphatic heterocycles. The third-order valence-electron chi connectivity index (χ3n) is 2.55. The van der Waals surface area contributed by atoms with Gasteiger partial charge in [-0.3, -0.25) is 0 Å². The van der Waals surface area contributed by atoms with E-state index in [4.69, 9.17) is 4.74 Å². The second kappa shape index (κ2) is 3.89. The lowest BCUT2D eigenvalue weighted by atomic mass is 9.97. The maximum absolute atomic E-state index is 12.8. The van der Waals surface area contributed by atoms with Crippen LogP contribution in [0.4, 0.5) is 4.39 Å². The summed E-state index contributed by atoms with van der Waals surface area (Å²) in [5.74, 6) is 0.560. The minimum absolute atomic E-state index is 0.00910. The van der Waals surface area contributed by atoms with Gasteiger partial charge < -0.3 is 4.74 Å². The standard InChI is InChI=1S/C13H16FNO/c1-13(2,3)12-15-11(8-16-12)9-4-6-10(14)7-5-9/h4-7,11H,8H2,1-3H3/t11-/m1/s1. The molecule has 1 atom stereocenters. The summed E-state index contributed by atoms with van der Waals surface area (Å²) >= 11 is 0. The molecule has 1 aromatic carbocycles. The number of halogens is 1. The fraction of sp³-hybridized carbons (Fsp3) is 0.462. The van der Waals surface area contributed by atoms with Gasteiger partial charge in [0, 0.05) is 5.41 Å². The van der Waals surface area contributed by atoms with Gasteiger partial charge in [-0.15, -0.1) is 0 Å². The van der Waals surface area contributed by atoms with E-state index in [1.807, 2.05) is 0 Å². The topological polar surface area (TPSA) is 21.6 Å². The van der Waals surface area contributed by atoms with Crippen LogP contribution < -0.4 is 0 Å². The third kappa shape index (κ3) is 2.23. The zero-order chi connectivity index (χ0) is 11.8. The molecule has 86 valence electrons. The van der Waals surface area contributed by atoms with Crippen molar-refractivity contribution in [3.63, 3.8) is 0 Å². The first-order chi connectivity index (χ1) is 7.47. The Hall–Kier alpha value is -1.38. The lowest BCUT2D eigenvalue weighted by Crippen LogP contribution is -2.20. The van der Waals surface area contributed by atoms with E-state index in [2.05, 4.69) is 25.8 Å². The van der Waals surface area contributed by atoms with E-state index in [0.717, 1.165) is 11.5 Å². The first-order valence-electron chi connectivity index (χ1n) is 5.43. The Kier molecular flexibility index (Phi) is 2.70. The molecule has 0 saturated heterocycles. The van der Waals surface area contributed by atoms with Gasteiger partial charge in [0.25, 0.3) is 0 Å². The Labute approximate surface area is 95.2 Å². The van der Waals surface area contributed by atoms with Crippen molar-refractivity contribution in [2.45, 2.75) is 26.8 Å². The van der Waals surface area contributed by atoms with E-state index in [1.54, 1.807) is 12.1 Å². The number of rotatable bonds is 1. The largest absolute Gasteiger partial charge is 0.478 e. The van der Waals surface area contributed by atoms with Crippen molar-refractivity contribution in [3.8, 4) is 0 Å². The van der Waals surface area contributed by atoms with Crippen LogP contribution in [-0.4, -0.2) is 12.5 Å². The minimum atomic E-state index is -0.220. The highest BCUT2D eigenvalue weighted by Crippen LogP contribution is 2.29. The van der Waals surface area contributed by atoms with Crippen LogP contribution >= 0.6 is 0 Å². The molecular formula is C13H16FNO. The van der Waals surface area contributed by atoms with Gasteiger partial charge in [-0.2, -0.15) is 0 Å². The van der Waals surface area contributed by atoms with Crippen molar-refractivity contribution < 1.29 is 9.13 Å². The van der Waals surface area contributed by atoms with E-state index in [1.165, 1.54) is 12.1 Å². The summed E-state index contributed by atoms with van der Waals surface area (Å²) in [6, 6.07) is 6.45. The molecule has 0 aromatic heterocycles. The normalized spacial score (nSPS) is 20.5. The number of hydrogen-bond donors (Lipinski definition) is 0. The van der Waals surface area contributed by atoms with Gasteiger partial charge in [-0.1, -0.05) is 32.9 Å². The first-order valence-corrected chi connectivity index (χ1v) is 5.43. The fourth-order valence-corrected chi connectivity index (χ4v) is 1.64. The number of benzene rings is 1. The molecule has 0 radical (unpaired) electrons. The summed E-state index contributed by atoms with van der Waals surface area (Å²) < 4.78 is 18.3. The molecule has 3 heteroatoms. The summed E-state index contributed by atoms with van der Waals surface area (Å²) in [5.41, 5.74) is 0.940. The van der Waals surface area contributed by atoms with Crippen molar-refractivity contribution in [3.05, 3.63) is 35.6 Å². The molecule has 0 bridgehead atoms. The highest BCUT2D eigenvalue weighted by molar-refractivity contribution is 5.83. The van der Waals surface area contributed by atoms with E-state index in [-0.39, 0.29) is 17.3 Å². The Morgan fingerprint density at radius 3 is 2.38 bits per heavy atom. The van der Waals surface area contributed by atoms with E-state index in [0.29, 0.717) is 6.61 Å². The quantitative estimate of drug-likeness (QED) is 0.712. The van der Waals surface area contributed by atoms with Crippen LogP contribution in [0.5, 0.6) is 0 Å². The van der Waals surface area contributed by atoms with Crippen molar-refractivity contribution in [1.82, 2.24) is 0 Å². The number of aliphatic imine (C=N–C) groups is 1. The van der Waals surface area contributed by atoms with Crippen LogP contribution in [0.2, 0.25) is 0 Å². The molecule has 0 aliphatic carbocycles. The number of nitrogens with zero attached hydrogens (tertiary/aromatic N) is 1. The molecule has 1 heterocycles. The van der Waals surface area contributed by atoms with Gasteiger partial charge in [-0.25, -0.2) is 9.38 Å². The predicted octanol–water partition coefficient (Wildman–Crippen LogP) is 3.34.